The van der Waals surface area contributed by atoms with Crippen molar-refractivity contribution in [2.75, 3.05) is 27.3 Å². The molecular formula is C16H20N2O5. The third kappa shape index (κ3) is 2.50. The Hall–Kier alpha value is -2.31. The fourth-order valence-electron chi connectivity index (χ4n) is 3.41. The first-order chi connectivity index (χ1) is 11.1. The highest BCUT2D eigenvalue weighted by molar-refractivity contribution is 5.98. The molecule has 3 heterocycles. The van der Waals surface area contributed by atoms with Crippen LogP contribution in [0.15, 0.2) is 11.0 Å². The predicted molar refractivity (Wildman–Crippen MR) is 82.0 cm³/mol. The van der Waals surface area contributed by atoms with E-state index in [2.05, 4.69) is 4.74 Å². The maximum Gasteiger partial charge on any atom is 0.343 e. The quantitative estimate of drug-likeness (QED) is 0.766. The zero-order valence-corrected chi connectivity index (χ0v) is 13.3. The average molecular weight is 320 g/mol. The molecule has 0 radical (unpaired) electrons. The van der Waals surface area contributed by atoms with E-state index < -0.39 is 11.4 Å². The van der Waals surface area contributed by atoms with E-state index in [1.165, 1.54) is 20.4 Å². The van der Waals surface area contributed by atoms with Gasteiger partial charge in [0.2, 0.25) is 5.43 Å². The van der Waals surface area contributed by atoms with Crippen LogP contribution in [0.4, 0.5) is 0 Å². The molecule has 0 spiro atoms. The molecule has 1 atom stereocenters. The molecule has 2 bridgehead atoms. The molecule has 1 amide bonds. The number of esters is 1. The van der Waals surface area contributed by atoms with Gasteiger partial charge in [0.25, 0.3) is 5.91 Å². The van der Waals surface area contributed by atoms with Gasteiger partial charge in [0.1, 0.15) is 5.56 Å². The number of ether oxygens (including phenoxy) is 2. The Morgan fingerprint density at radius 1 is 1.22 bits per heavy atom. The van der Waals surface area contributed by atoms with Crippen LogP contribution in [0.5, 0.6) is 5.75 Å². The van der Waals surface area contributed by atoms with E-state index in [1.54, 1.807) is 9.47 Å². The van der Waals surface area contributed by atoms with Crippen LogP contribution in [0.2, 0.25) is 0 Å². The summed E-state index contributed by atoms with van der Waals surface area (Å²) in [6.07, 6.45) is 5.42. The Bertz CT molecular complexity index is 709. The molecule has 1 aromatic rings. The second-order valence-corrected chi connectivity index (χ2v) is 5.91. The highest BCUT2D eigenvalue weighted by Gasteiger charge is 2.36. The van der Waals surface area contributed by atoms with Crippen LogP contribution in [0, 0.1) is 0 Å². The van der Waals surface area contributed by atoms with Gasteiger partial charge < -0.3 is 18.9 Å². The molecule has 7 heteroatoms. The van der Waals surface area contributed by atoms with Crippen LogP contribution >= 0.6 is 0 Å². The molecule has 1 aromatic heterocycles. The molecule has 124 valence electrons. The van der Waals surface area contributed by atoms with Gasteiger partial charge in [-0.1, -0.05) is 12.8 Å². The van der Waals surface area contributed by atoms with E-state index in [9.17, 15) is 14.4 Å². The molecule has 0 aliphatic carbocycles. The number of carbonyl (C=O) groups excluding carboxylic acids is 2. The van der Waals surface area contributed by atoms with Gasteiger partial charge >= 0.3 is 5.97 Å². The predicted octanol–water partition coefficient (Wildman–Crippen LogP) is 1.21. The molecule has 0 N–H and O–H groups in total. The molecule has 3 rings (SSSR count). The lowest BCUT2D eigenvalue weighted by atomic mass is 9.99. The summed E-state index contributed by atoms with van der Waals surface area (Å²) in [6.45, 7) is 1.28. The van der Waals surface area contributed by atoms with Gasteiger partial charge in [0.05, 0.1) is 20.3 Å². The van der Waals surface area contributed by atoms with Crippen molar-refractivity contribution in [3.63, 3.8) is 0 Å². The van der Waals surface area contributed by atoms with Crippen molar-refractivity contribution in [2.24, 2.45) is 0 Å². The maximum atomic E-state index is 12.7. The number of rotatable bonds is 2. The molecule has 1 fully saturated rings. The largest absolute Gasteiger partial charge is 0.491 e. The number of carbonyl (C=O) groups is 2. The second kappa shape index (κ2) is 6.06. The molecule has 1 unspecified atom stereocenters. The van der Waals surface area contributed by atoms with Gasteiger partial charge in [-0.15, -0.1) is 0 Å². The van der Waals surface area contributed by atoms with Crippen molar-refractivity contribution in [1.29, 1.82) is 0 Å². The Kier molecular flexibility index (Phi) is 4.11. The first-order valence-corrected chi connectivity index (χ1v) is 7.79. The second-order valence-electron chi connectivity index (χ2n) is 5.91. The minimum absolute atomic E-state index is 0.0425. The van der Waals surface area contributed by atoms with Gasteiger partial charge in [-0.3, -0.25) is 9.59 Å². The van der Waals surface area contributed by atoms with Gasteiger partial charge in [-0.2, -0.15) is 0 Å². The van der Waals surface area contributed by atoms with Crippen molar-refractivity contribution >= 4 is 11.9 Å². The molecule has 1 saturated heterocycles. The molecule has 2 aliphatic rings. The lowest BCUT2D eigenvalue weighted by molar-refractivity contribution is 0.0582. The molecule has 0 aromatic carbocycles. The van der Waals surface area contributed by atoms with E-state index in [4.69, 9.17) is 4.74 Å². The zero-order valence-electron chi connectivity index (χ0n) is 13.3. The maximum absolute atomic E-state index is 12.7. The minimum Gasteiger partial charge on any atom is -0.491 e. The molecule has 0 saturated carbocycles. The van der Waals surface area contributed by atoms with Crippen molar-refractivity contribution in [3.8, 4) is 5.75 Å². The highest BCUT2D eigenvalue weighted by Crippen LogP contribution is 2.31. The topological polar surface area (TPSA) is 77.8 Å². The monoisotopic (exact) mass is 320 g/mol. The zero-order chi connectivity index (χ0) is 16.6. The SMILES string of the molecule is COC(=O)c1cn2c(c(OC)c1=O)C(=O)N1CCCCCC2C1. The summed E-state index contributed by atoms with van der Waals surface area (Å²) in [7, 11) is 2.56. The first kappa shape index (κ1) is 15.6. The standard InChI is InChI=1S/C16H20N2O5/c1-22-14-12-15(20)17-7-5-3-4-6-10(8-17)18(12)9-11(13(14)19)16(21)23-2/h9-10H,3-8H2,1-2H3. The molecule has 2 aliphatic heterocycles. The smallest absolute Gasteiger partial charge is 0.343 e. The van der Waals surface area contributed by atoms with E-state index in [-0.39, 0.29) is 29.0 Å². The number of amides is 1. The van der Waals surface area contributed by atoms with E-state index in [0.29, 0.717) is 13.1 Å². The highest BCUT2D eigenvalue weighted by atomic mass is 16.5. The summed E-state index contributed by atoms with van der Waals surface area (Å²) >= 11 is 0. The minimum atomic E-state index is -0.718. The number of pyridine rings is 1. The average Bonchev–Trinajstić information content (AvgIpc) is 2.53. The summed E-state index contributed by atoms with van der Waals surface area (Å²) < 4.78 is 11.6. The molecular weight excluding hydrogens is 300 g/mol. The van der Waals surface area contributed by atoms with E-state index in [0.717, 1.165) is 25.7 Å². The molecule has 7 nitrogen and oxygen atoms in total. The van der Waals surface area contributed by atoms with Crippen LogP contribution in [0.3, 0.4) is 0 Å². The van der Waals surface area contributed by atoms with Gasteiger partial charge in [-0.05, 0) is 12.8 Å². The Labute approximate surface area is 133 Å². The summed E-state index contributed by atoms with van der Waals surface area (Å²) in [5.74, 6) is -1.01. The van der Waals surface area contributed by atoms with Gasteiger partial charge in [0.15, 0.2) is 11.4 Å². The fraction of sp³-hybridized carbons (Fsp3) is 0.562. The first-order valence-electron chi connectivity index (χ1n) is 7.79. The molecule has 23 heavy (non-hydrogen) atoms. The lowest BCUT2D eigenvalue weighted by Crippen LogP contribution is -2.46. The Morgan fingerprint density at radius 3 is 2.70 bits per heavy atom. The third-order valence-corrected chi connectivity index (χ3v) is 4.58. The van der Waals surface area contributed by atoms with Crippen LogP contribution in [0.1, 0.15) is 52.6 Å². The summed E-state index contributed by atoms with van der Waals surface area (Å²) in [4.78, 5) is 38.9. The Balaban J connectivity index is 2.23. The van der Waals surface area contributed by atoms with E-state index >= 15 is 0 Å². The van der Waals surface area contributed by atoms with Crippen LogP contribution in [0.25, 0.3) is 0 Å². The summed E-state index contributed by atoms with van der Waals surface area (Å²) in [5.41, 5.74) is -0.462. The van der Waals surface area contributed by atoms with Gasteiger partial charge in [-0.25, -0.2) is 4.79 Å². The van der Waals surface area contributed by atoms with Crippen LogP contribution in [-0.4, -0.2) is 48.7 Å². The third-order valence-electron chi connectivity index (χ3n) is 4.58. The Morgan fingerprint density at radius 2 is 2.00 bits per heavy atom. The van der Waals surface area contributed by atoms with Crippen LogP contribution < -0.4 is 10.2 Å². The van der Waals surface area contributed by atoms with E-state index in [1.807, 2.05) is 0 Å². The summed E-state index contributed by atoms with van der Waals surface area (Å²) in [6, 6.07) is 0.0425. The number of aromatic nitrogens is 1. The summed E-state index contributed by atoms with van der Waals surface area (Å²) in [5, 5.41) is 0. The number of hydrogen-bond acceptors (Lipinski definition) is 5. The van der Waals surface area contributed by atoms with Gasteiger partial charge in [0, 0.05) is 19.3 Å². The van der Waals surface area contributed by atoms with Crippen molar-refractivity contribution in [1.82, 2.24) is 9.47 Å². The van der Waals surface area contributed by atoms with Crippen molar-refractivity contribution < 1.29 is 19.1 Å². The van der Waals surface area contributed by atoms with Crippen LogP contribution in [-0.2, 0) is 4.74 Å². The number of hydrogen-bond donors (Lipinski definition) is 0. The fourth-order valence-corrected chi connectivity index (χ4v) is 3.41. The van der Waals surface area contributed by atoms with Crippen molar-refractivity contribution in [3.05, 3.63) is 27.7 Å². The van der Waals surface area contributed by atoms with Crippen molar-refractivity contribution in [2.45, 2.75) is 31.7 Å². The number of nitrogens with zero attached hydrogens (tertiary/aromatic N) is 2. The number of fused-ring (bicyclic) bond motifs is 4. The normalized spacial score (nSPS) is 20.3. The lowest BCUT2D eigenvalue weighted by Gasteiger charge is -2.38. The number of methoxy groups -OCH3 is 2.